The van der Waals surface area contributed by atoms with E-state index in [1.807, 2.05) is 0 Å². The molecule has 2 heteroatoms. The van der Waals surface area contributed by atoms with Crippen molar-refractivity contribution in [3.05, 3.63) is 29.3 Å². The molecule has 0 saturated heterocycles. The molecule has 0 radical (unpaired) electrons. The van der Waals surface area contributed by atoms with Gasteiger partial charge in [-0.15, -0.1) is 0 Å². The molecule has 1 aliphatic heterocycles. The molecule has 17 heavy (non-hydrogen) atoms. The molecule has 1 heterocycles. The summed E-state index contributed by atoms with van der Waals surface area (Å²) >= 11 is 0. The van der Waals surface area contributed by atoms with E-state index >= 15 is 0 Å². The number of rotatable bonds is 4. The van der Waals surface area contributed by atoms with Gasteiger partial charge in [0.1, 0.15) is 0 Å². The van der Waals surface area contributed by atoms with Crippen molar-refractivity contribution >= 4 is 5.69 Å². The Kier molecular flexibility index (Phi) is 4.06. The van der Waals surface area contributed by atoms with Crippen molar-refractivity contribution in [2.45, 2.75) is 38.6 Å². The summed E-state index contributed by atoms with van der Waals surface area (Å²) in [7, 11) is 4.29. The molecule has 0 aromatic heterocycles. The fraction of sp³-hybridized carbons (Fsp3) is 0.600. The molecule has 0 fully saturated rings. The van der Waals surface area contributed by atoms with Gasteiger partial charge in [-0.05, 0) is 63.5 Å². The Bertz CT molecular complexity index is 371. The highest BCUT2D eigenvalue weighted by atomic mass is 15.1. The first-order valence-electron chi connectivity index (χ1n) is 6.72. The summed E-state index contributed by atoms with van der Waals surface area (Å²) < 4.78 is 0. The normalized spacial score (nSPS) is 18.9. The molecule has 0 amide bonds. The van der Waals surface area contributed by atoms with Crippen molar-refractivity contribution in [3.8, 4) is 0 Å². The van der Waals surface area contributed by atoms with Gasteiger partial charge in [0.25, 0.3) is 0 Å². The van der Waals surface area contributed by atoms with Crippen LogP contribution in [0.5, 0.6) is 0 Å². The van der Waals surface area contributed by atoms with Crippen LogP contribution >= 0.6 is 0 Å². The number of anilines is 1. The van der Waals surface area contributed by atoms with Crippen molar-refractivity contribution in [2.24, 2.45) is 0 Å². The molecule has 0 aliphatic carbocycles. The summed E-state index contributed by atoms with van der Waals surface area (Å²) in [5, 5.41) is 3.68. The highest BCUT2D eigenvalue weighted by Crippen LogP contribution is 2.27. The minimum absolute atomic E-state index is 0.650. The number of hydrogen-bond donors (Lipinski definition) is 1. The van der Waals surface area contributed by atoms with Crippen LogP contribution in [0.15, 0.2) is 18.2 Å². The zero-order chi connectivity index (χ0) is 12.3. The highest BCUT2D eigenvalue weighted by molar-refractivity contribution is 5.55. The molecule has 0 bridgehead atoms. The smallest absolute Gasteiger partial charge is 0.0375 e. The van der Waals surface area contributed by atoms with Gasteiger partial charge < -0.3 is 10.2 Å². The van der Waals surface area contributed by atoms with E-state index in [2.05, 4.69) is 49.4 Å². The molecule has 1 aromatic carbocycles. The Labute approximate surface area is 105 Å². The van der Waals surface area contributed by atoms with Gasteiger partial charge in [0, 0.05) is 11.7 Å². The van der Waals surface area contributed by atoms with E-state index in [-0.39, 0.29) is 0 Å². The van der Waals surface area contributed by atoms with E-state index in [4.69, 9.17) is 0 Å². The van der Waals surface area contributed by atoms with Gasteiger partial charge in [0.05, 0.1) is 0 Å². The predicted molar refractivity (Wildman–Crippen MR) is 74.7 cm³/mol. The number of nitrogens with zero attached hydrogens (tertiary/aromatic N) is 1. The lowest BCUT2D eigenvalue weighted by molar-refractivity contribution is 0.379. The quantitative estimate of drug-likeness (QED) is 0.858. The number of hydrogen-bond acceptors (Lipinski definition) is 2. The second-order valence-electron chi connectivity index (χ2n) is 5.32. The lowest BCUT2D eigenvalue weighted by Gasteiger charge is -2.28. The number of fused-ring (bicyclic) bond motifs is 1. The van der Waals surface area contributed by atoms with Crippen LogP contribution in [0.2, 0.25) is 0 Å². The highest BCUT2D eigenvalue weighted by Gasteiger charge is 2.17. The van der Waals surface area contributed by atoms with Crippen molar-refractivity contribution in [3.63, 3.8) is 0 Å². The van der Waals surface area contributed by atoms with Crippen LogP contribution in [0.4, 0.5) is 5.69 Å². The SMILES string of the molecule is CCc1ccc2c(c1)CCC(CCN(C)C)N2. The summed E-state index contributed by atoms with van der Waals surface area (Å²) in [4.78, 5) is 2.26. The molecular formula is C15H24N2. The zero-order valence-electron chi connectivity index (χ0n) is 11.3. The van der Waals surface area contributed by atoms with Gasteiger partial charge in [-0.2, -0.15) is 0 Å². The first kappa shape index (κ1) is 12.4. The molecule has 1 aromatic rings. The van der Waals surface area contributed by atoms with E-state index in [0.29, 0.717) is 6.04 Å². The van der Waals surface area contributed by atoms with Gasteiger partial charge >= 0.3 is 0 Å². The molecular weight excluding hydrogens is 208 g/mol. The minimum Gasteiger partial charge on any atom is -0.382 e. The van der Waals surface area contributed by atoms with Gasteiger partial charge in [-0.1, -0.05) is 19.1 Å². The maximum Gasteiger partial charge on any atom is 0.0375 e. The fourth-order valence-corrected chi connectivity index (χ4v) is 2.47. The zero-order valence-corrected chi connectivity index (χ0v) is 11.3. The van der Waals surface area contributed by atoms with Crippen molar-refractivity contribution in [2.75, 3.05) is 26.0 Å². The third kappa shape index (κ3) is 3.22. The van der Waals surface area contributed by atoms with E-state index in [1.165, 1.54) is 42.6 Å². The van der Waals surface area contributed by atoms with Gasteiger partial charge in [-0.3, -0.25) is 0 Å². The van der Waals surface area contributed by atoms with E-state index in [0.717, 1.165) is 6.42 Å². The van der Waals surface area contributed by atoms with Crippen LogP contribution in [0.3, 0.4) is 0 Å². The van der Waals surface area contributed by atoms with Crippen LogP contribution in [0.25, 0.3) is 0 Å². The molecule has 94 valence electrons. The monoisotopic (exact) mass is 232 g/mol. The van der Waals surface area contributed by atoms with Gasteiger partial charge in [0.2, 0.25) is 0 Å². The third-order valence-electron chi connectivity index (χ3n) is 3.62. The number of nitrogens with one attached hydrogen (secondary N) is 1. The van der Waals surface area contributed by atoms with Crippen LogP contribution in [0.1, 0.15) is 30.9 Å². The topological polar surface area (TPSA) is 15.3 Å². The van der Waals surface area contributed by atoms with Crippen molar-refractivity contribution < 1.29 is 0 Å². The lowest BCUT2D eigenvalue weighted by atomic mass is 9.94. The Morgan fingerprint density at radius 3 is 2.88 bits per heavy atom. The Morgan fingerprint density at radius 2 is 2.18 bits per heavy atom. The molecule has 0 spiro atoms. The van der Waals surface area contributed by atoms with Crippen LogP contribution in [-0.4, -0.2) is 31.6 Å². The molecule has 0 saturated carbocycles. The Morgan fingerprint density at radius 1 is 1.35 bits per heavy atom. The third-order valence-corrected chi connectivity index (χ3v) is 3.62. The van der Waals surface area contributed by atoms with Crippen LogP contribution in [0, 0.1) is 0 Å². The van der Waals surface area contributed by atoms with E-state index < -0.39 is 0 Å². The molecule has 1 N–H and O–H groups in total. The molecule has 2 rings (SSSR count). The molecule has 1 atom stereocenters. The second-order valence-corrected chi connectivity index (χ2v) is 5.32. The number of aryl methyl sites for hydroxylation is 2. The second kappa shape index (κ2) is 5.54. The van der Waals surface area contributed by atoms with E-state index in [9.17, 15) is 0 Å². The molecule has 1 aliphatic rings. The summed E-state index contributed by atoms with van der Waals surface area (Å²) in [6.07, 6.45) is 4.88. The summed E-state index contributed by atoms with van der Waals surface area (Å²) in [6.45, 7) is 3.39. The maximum atomic E-state index is 3.68. The van der Waals surface area contributed by atoms with Crippen molar-refractivity contribution in [1.82, 2.24) is 4.90 Å². The summed E-state index contributed by atoms with van der Waals surface area (Å²) in [6, 6.07) is 7.53. The molecule has 2 nitrogen and oxygen atoms in total. The Hall–Kier alpha value is -1.02. The average molecular weight is 232 g/mol. The fourth-order valence-electron chi connectivity index (χ4n) is 2.47. The lowest BCUT2D eigenvalue weighted by Crippen LogP contribution is -2.29. The van der Waals surface area contributed by atoms with Crippen molar-refractivity contribution in [1.29, 1.82) is 0 Å². The first-order chi connectivity index (χ1) is 8.19. The Balaban J connectivity index is 1.99. The summed E-state index contributed by atoms with van der Waals surface area (Å²) in [5.41, 5.74) is 4.32. The average Bonchev–Trinajstić information content (AvgIpc) is 2.35. The number of benzene rings is 1. The predicted octanol–water partition coefficient (Wildman–Crippen LogP) is 2.93. The largest absolute Gasteiger partial charge is 0.382 e. The first-order valence-corrected chi connectivity index (χ1v) is 6.72. The van der Waals surface area contributed by atoms with Crippen LogP contribution < -0.4 is 5.32 Å². The molecule has 1 unspecified atom stereocenters. The summed E-state index contributed by atoms with van der Waals surface area (Å²) in [5.74, 6) is 0. The standard InChI is InChI=1S/C15H24N2/c1-4-12-5-8-15-13(11-12)6-7-14(16-15)9-10-17(2)3/h5,8,11,14,16H,4,6-7,9-10H2,1-3H3. The van der Waals surface area contributed by atoms with E-state index in [1.54, 1.807) is 0 Å². The maximum absolute atomic E-state index is 3.68. The van der Waals surface area contributed by atoms with Crippen LogP contribution in [-0.2, 0) is 12.8 Å². The minimum atomic E-state index is 0.650. The van der Waals surface area contributed by atoms with Gasteiger partial charge in [-0.25, -0.2) is 0 Å². The van der Waals surface area contributed by atoms with Gasteiger partial charge in [0.15, 0.2) is 0 Å².